The Bertz CT molecular complexity index is 1800. The number of aliphatic hydroxyl groups excluding tert-OH is 1. The fraction of sp³-hybridized carbons (Fsp3) is 0.543. The van der Waals surface area contributed by atoms with E-state index in [1.54, 1.807) is 31.3 Å². The van der Waals surface area contributed by atoms with Crippen LogP contribution in [0, 0.1) is 12.8 Å². The van der Waals surface area contributed by atoms with Crippen molar-refractivity contribution >= 4 is 43.0 Å². The molecule has 1 amide bonds. The van der Waals surface area contributed by atoms with Gasteiger partial charge in [-0.25, -0.2) is 5.06 Å². The molecule has 0 fully saturated rings. The predicted octanol–water partition coefficient (Wildman–Crippen LogP) is 8.95. The summed E-state index contributed by atoms with van der Waals surface area (Å²) in [6, 6.07) is 27.4. The fourth-order valence-corrected chi connectivity index (χ4v) is 14.2. The van der Waals surface area contributed by atoms with Gasteiger partial charge in [0.05, 0.1) is 24.2 Å². The van der Waals surface area contributed by atoms with Crippen molar-refractivity contribution in [2.45, 2.75) is 140 Å². The molecule has 322 valence electrons. The van der Waals surface area contributed by atoms with Crippen molar-refractivity contribution in [3.63, 3.8) is 0 Å². The summed E-state index contributed by atoms with van der Waals surface area (Å²) in [5.41, 5.74) is 1.42. The van der Waals surface area contributed by atoms with Crippen LogP contribution in [0.4, 0.5) is 0 Å². The molecule has 58 heavy (non-hydrogen) atoms. The highest BCUT2D eigenvalue weighted by atomic mass is 32.2. The van der Waals surface area contributed by atoms with Crippen LogP contribution in [-0.4, -0.2) is 80.2 Å². The van der Waals surface area contributed by atoms with Gasteiger partial charge in [0.1, 0.15) is 0 Å². The minimum absolute atomic E-state index is 0.0571. The molecule has 0 aliphatic rings. The SMILES string of the molecule is C=C(C[C@@H](CCCO[Si](c1ccccc1)(c1ccccc1)C(C)(C)C)OS(=O)(=O)c1ccc(C)cc1)[C@@H](O)CC[C@H](CC(C)C(=O)N(C)OC)O[Si](C)(C)C(C)(C)C. The van der Waals surface area contributed by atoms with Gasteiger partial charge in [0.15, 0.2) is 8.32 Å². The second-order valence-corrected chi connectivity index (χ2v) is 28.9. The van der Waals surface area contributed by atoms with E-state index >= 15 is 0 Å². The van der Waals surface area contributed by atoms with E-state index < -0.39 is 39.0 Å². The molecule has 0 saturated heterocycles. The van der Waals surface area contributed by atoms with Gasteiger partial charge in [-0.05, 0) is 96.7 Å². The standard InChI is InChI=1S/C46H71NO8SSi2/c1-35-26-29-40(30-27-35)56(50,51)54-38(21-20-32-53-58(46(7,8)9,41-22-16-14-17-23-41)42-24-18-15-19-25-42)33-36(2)43(48)31-28-39(55-57(12,13)45(4,5)6)34-37(3)44(49)47(10)52-11/h14-19,22-27,29-30,37-39,43,48H,2,20-21,28,31-34H2,1,3-13H3/t37?,38-,39-,43+/m1/s1. The van der Waals surface area contributed by atoms with Gasteiger partial charge < -0.3 is 14.0 Å². The number of benzene rings is 3. The summed E-state index contributed by atoms with van der Waals surface area (Å²) in [5, 5.41) is 14.8. The molecule has 12 heteroatoms. The number of carbonyl (C=O) groups excluding carboxylic acids is 1. The quantitative estimate of drug-likeness (QED) is 0.0351. The van der Waals surface area contributed by atoms with Gasteiger partial charge in [-0.2, -0.15) is 8.42 Å². The summed E-state index contributed by atoms with van der Waals surface area (Å²) in [6.07, 6.45) is 0.258. The van der Waals surface area contributed by atoms with Gasteiger partial charge in [-0.15, -0.1) is 0 Å². The molecule has 0 bridgehead atoms. The van der Waals surface area contributed by atoms with Gasteiger partial charge in [0.2, 0.25) is 5.91 Å². The topological polar surface area (TPSA) is 112 Å². The van der Waals surface area contributed by atoms with Crippen LogP contribution in [0.2, 0.25) is 23.2 Å². The van der Waals surface area contributed by atoms with Gasteiger partial charge in [-0.3, -0.25) is 13.8 Å². The molecule has 3 aromatic carbocycles. The normalized spacial score (nSPS) is 15.1. The van der Waals surface area contributed by atoms with Gasteiger partial charge in [-0.1, -0.05) is 133 Å². The van der Waals surface area contributed by atoms with E-state index in [1.807, 2.05) is 50.2 Å². The molecule has 1 unspecified atom stereocenters. The molecule has 1 N–H and O–H groups in total. The van der Waals surface area contributed by atoms with Crippen LogP contribution < -0.4 is 10.4 Å². The Kier molecular flexibility index (Phi) is 17.9. The van der Waals surface area contributed by atoms with Crippen LogP contribution in [0.5, 0.6) is 0 Å². The lowest BCUT2D eigenvalue weighted by molar-refractivity contribution is -0.173. The smallest absolute Gasteiger partial charge is 0.297 e. The number of aliphatic hydroxyl groups is 1. The maximum atomic E-state index is 13.7. The second-order valence-electron chi connectivity index (χ2n) is 18.3. The zero-order chi connectivity index (χ0) is 43.5. The minimum Gasteiger partial charge on any atom is -0.414 e. The first-order chi connectivity index (χ1) is 26.9. The van der Waals surface area contributed by atoms with E-state index in [0.717, 1.165) is 5.56 Å². The molecule has 0 radical (unpaired) electrons. The molecule has 4 atom stereocenters. The number of nitrogens with zero attached hydrogens (tertiary/aromatic N) is 1. The number of carbonyl (C=O) groups is 1. The zero-order valence-electron chi connectivity index (χ0n) is 37.2. The summed E-state index contributed by atoms with van der Waals surface area (Å²) in [5.74, 6) is -0.513. The Labute approximate surface area is 352 Å². The first kappa shape index (κ1) is 49.4. The molecule has 0 aliphatic carbocycles. The summed E-state index contributed by atoms with van der Waals surface area (Å²) < 4.78 is 47.2. The third-order valence-corrected chi connectivity index (χ3v) is 22.5. The van der Waals surface area contributed by atoms with Crippen LogP contribution in [0.3, 0.4) is 0 Å². The number of rotatable bonds is 22. The number of aryl methyl sites for hydroxylation is 1. The maximum Gasteiger partial charge on any atom is 0.297 e. The van der Waals surface area contributed by atoms with Gasteiger partial charge in [0.25, 0.3) is 18.4 Å². The molecule has 0 aliphatic heterocycles. The Morgan fingerprint density at radius 2 is 1.36 bits per heavy atom. The first-order valence-electron chi connectivity index (χ1n) is 20.6. The fourth-order valence-electron chi connectivity index (χ4n) is 7.11. The number of amides is 1. The molecular weight excluding hydrogens is 783 g/mol. The maximum absolute atomic E-state index is 13.7. The second kappa shape index (κ2) is 21.0. The summed E-state index contributed by atoms with van der Waals surface area (Å²) >= 11 is 0. The molecule has 0 spiro atoms. The highest BCUT2D eigenvalue weighted by Crippen LogP contribution is 2.39. The highest BCUT2D eigenvalue weighted by molar-refractivity contribution is 7.86. The van der Waals surface area contributed by atoms with Crippen LogP contribution >= 0.6 is 0 Å². The van der Waals surface area contributed by atoms with Crippen molar-refractivity contribution in [3.05, 3.63) is 103 Å². The Morgan fingerprint density at radius 3 is 1.84 bits per heavy atom. The van der Waals surface area contributed by atoms with E-state index in [9.17, 15) is 18.3 Å². The number of hydrogen-bond acceptors (Lipinski definition) is 8. The van der Waals surface area contributed by atoms with Crippen molar-refractivity contribution in [2.75, 3.05) is 20.8 Å². The highest BCUT2D eigenvalue weighted by Gasteiger charge is 2.50. The molecule has 0 aromatic heterocycles. The van der Waals surface area contributed by atoms with E-state index in [1.165, 1.54) is 22.5 Å². The zero-order valence-corrected chi connectivity index (χ0v) is 40.0. The third-order valence-electron chi connectivity index (χ3n) is 11.6. The summed E-state index contributed by atoms with van der Waals surface area (Å²) in [4.78, 5) is 18.2. The minimum atomic E-state index is -4.13. The van der Waals surface area contributed by atoms with Crippen molar-refractivity contribution < 1.29 is 36.2 Å². The van der Waals surface area contributed by atoms with E-state index in [-0.39, 0.29) is 39.3 Å². The monoisotopic (exact) mass is 853 g/mol. The van der Waals surface area contributed by atoms with Crippen molar-refractivity contribution in [1.29, 1.82) is 0 Å². The first-order valence-corrected chi connectivity index (χ1v) is 26.8. The lowest BCUT2D eigenvalue weighted by atomic mass is 9.94. The molecular formula is C46H71NO8SSi2. The average Bonchev–Trinajstić information content (AvgIpc) is 3.15. The van der Waals surface area contributed by atoms with Crippen LogP contribution in [0.15, 0.2) is 102 Å². The molecule has 3 aromatic rings. The summed E-state index contributed by atoms with van der Waals surface area (Å²) in [7, 11) is -6.12. The van der Waals surface area contributed by atoms with E-state index in [4.69, 9.17) is 17.9 Å². The summed E-state index contributed by atoms with van der Waals surface area (Å²) in [6.45, 7) is 25.9. The van der Waals surface area contributed by atoms with Gasteiger partial charge >= 0.3 is 0 Å². The van der Waals surface area contributed by atoms with Crippen molar-refractivity contribution in [2.24, 2.45) is 5.92 Å². The van der Waals surface area contributed by atoms with Gasteiger partial charge in [0, 0.05) is 25.7 Å². The average molecular weight is 854 g/mol. The molecule has 0 heterocycles. The van der Waals surface area contributed by atoms with Crippen LogP contribution in [-0.2, 0) is 32.8 Å². The van der Waals surface area contributed by atoms with E-state index in [2.05, 4.69) is 85.5 Å². The third kappa shape index (κ3) is 13.3. The Hall–Kier alpha value is -2.95. The molecule has 0 saturated carbocycles. The van der Waals surface area contributed by atoms with E-state index in [0.29, 0.717) is 44.3 Å². The van der Waals surface area contributed by atoms with Crippen molar-refractivity contribution in [3.8, 4) is 0 Å². The lowest BCUT2D eigenvalue weighted by Crippen LogP contribution is -2.66. The number of hydrogen-bond donors (Lipinski definition) is 1. The Balaban J connectivity index is 1.84. The van der Waals surface area contributed by atoms with Crippen molar-refractivity contribution in [1.82, 2.24) is 5.06 Å². The largest absolute Gasteiger partial charge is 0.414 e. The lowest BCUT2D eigenvalue weighted by Gasteiger charge is -2.43. The van der Waals surface area contributed by atoms with Crippen LogP contribution in [0.25, 0.3) is 0 Å². The van der Waals surface area contributed by atoms with Crippen LogP contribution in [0.1, 0.15) is 92.6 Å². The molecule has 9 nitrogen and oxygen atoms in total. The molecule has 3 rings (SSSR count). The number of hydroxylamine groups is 2. The Morgan fingerprint density at radius 1 is 0.828 bits per heavy atom. The predicted molar refractivity (Wildman–Crippen MR) is 241 cm³/mol.